The molecule has 1 aliphatic rings. The van der Waals surface area contributed by atoms with Crippen LogP contribution in [0.3, 0.4) is 0 Å². The van der Waals surface area contributed by atoms with E-state index in [0.29, 0.717) is 0 Å². The summed E-state index contributed by atoms with van der Waals surface area (Å²) in [6.45, 7) is 3.59. The lowest BCUT2D eigenvalue weighted by Gasteiger charge is -2.38. The van der Waals surface area contributed by atoms with Gasteiger partial charge in [0.15, 0.2) is 0 Å². The number of nitrogens with one attached hydrogen (secondary N) is 1. The fourth-order valence-electron chi connectivity index (χ4n) is 2.06. The number of hydrogen-bond acceptors (Lipinski definition) is 4. The highest BCUT2D eigenvalue weighted by Crippen LogP contribution is 2.29. The van der Waals surface area contributed by atoms with E-state index >= 15 is 0 Å². The Hall–Kier alpha value is 0.160. The summed E-state index contributed by atoms with van der Waals surface area (Å²) in [5.41, 5.74) is -0.687. The number of rotatable bonds is 4. The van der Waals surface area contributed by atoms with Gasteiger partial charge in [0.2, 0.25) is 9.05 Å². The van der Waals surface area contributed by atoms with E-state index < -0.39 is 14.7 Å². The van der Waals surface area contributed by atoms with Crippen LogP contribution in [0.4, 0.5) is 0 Å². The number of halogens is 1. The first kappa shape index (κ1) is 13.2. The molecule has 2 unspecified atom stereocenters. The molecule has 6 heteroatoms. The van der Waals surface area contributed by atoms with Crippen LogP contribution in [0.25, 0.3) is 0 Å². The Bertz CT molecular complexity index is 300. The fraction of sp³-hybridized carbons (Fsp3) is 1.00. The van der Waals surface area contributed by atoms with Crippen molar-refractivity contribution in [2.24, 2.45) is 5.92 Å². The lowest BCUT2D eigenvalue weighted by molar-refractivity contribution is -0.0320. The molecule has 0 spiro atoms. The molecule has 90 valence electrons. The van der Waals surface area contributed by atoms with E-state index in [-0.39, 0.29) is 11.7 Å². The third-order valence-corrected chi connectivity index (χ3v) is 4.33. The van der Waals surface area contributed by atoms with Crippen molar-refractivity contribution in [2.45, 2.75) is 25.4 Å². The Balaban J connectivity index is 2.73. The Kier molecular flexibility index (Phi) is 4.40. The molecule has 1 N–H and O–H groups in total. The second kappa shape index (κ2) is 4.99. The van der Waals surface area contributed by atoms with E-state index in [2.05, 4.69) is 5.32 Å². The summed E-state index contributed by atoms with van der Waals surface area (Å²) in [4.78, 5) is 0. The summed E-state index contributed by atoms with van der Waals surface area (Å²) in [6.07, 6.45) is 2.02. The van der Waals surface area contributed by atoms with Gasteiger partial charge in [0.05, 0.1) is 11.4 Å². The van der Waals surface area contributed by atoms with Crippen LogP contribution in [0.15, 0.2) is 0 Å². The van der Waals surface area contributed by atoms with Gasteiger partial charge in [0, 0.05) is 30.3 Å². The fourth-order valence-corrected chi connectivity index (χ4v) is 3.75. The first-order chi connectivity index (χ1) is 6.87. The van der Waals surface area contributed by atoms with Crippen LogP contribution < -0.4 is 5.32 Å². The summed E-state index contributed by atoms with van der Waals surface area (Å²) in [7, 11) is 3.30. The summed E-state index contributed by atoms with van der Waals surface area (Å²) in [6, 6.07) is 0. The van der Waals surface area contributed by atoms with Gasteiger partial charge in [-0.25, -0.2) is 8.42 Å². The molecule has 1 aliphatic heterocycles. The monoisotopic (exact) mass is 255 g/mol. The molecule has 1 saturated heterocycles. The van der Waals surface area contributed by atoms with E-state index in [1.807, 2.05) is 6.92 Å². The average Bonchev–Trinajstić information content (AvgIpc) is 2.16. The van der Waals surface area contributed by atoms with Crippen molar-refractivity contribution in [1.29, 1.82) is 0 Å². The van der Waals surface area contributed by atoms with Gasteiger partial charge in [-0.2, -0.15) is 0 Å². The summed E-state index contributed by atoms with van der Waals surface area (Å²) < 4.78 is 27.6. The van der Waals surface area contributed by atoms with E-state index in [1.165, 1.54) is 7.11 Å². The van der Waals surface area contributed by atoms with Crippen LogP contribution in [0.2, 0.25) is 0 Å². The second-order valence-corrected chi connectivity index (χ2v) is 7.02. The number of methoxy groups -OCH3 is 1. The Morgan fingerprint density at radius 1 is 1.60 bits per heavy atom. The first-order valence-electron chi connectivity index (χ1n) is 5.05. The molecule has 0 amide bonds. The summed E-state index contributed by atoms with van der Waals surface area (Å²) >= 11 is 0. The zero-order chi connectivity index (χ0) is 11.5. The van der Waals surface area contributed by atoms with Crippen molar-refractivity contribution in [3.05, 3.63) is 0 Å². The van der Waals surface area contributed by atoms with Crippen LogP contribution in [0.1, 0.15) is 19.8 Å². The SMILES string of the molecule is COC(C)(CS(=O)(=O)Cl)C1CCCNC1. The molecule has 2 atom stereocenters. The third-order valence-electron chi connectivity index (χ3n) is 3.09. The average molecular weight is 256 g/mol. The topological polar surface area (TPSA) is 55.4 Å². The largest absolute Gasteiger partial charge is 0.377 e. The molecule has 0 radical (unpaired) electrons. The maximum absolute atomic E-state index is 11.1. The smallest absolute Gasteiger partial charge is 0.235 e. The molecule has 1 fully saturated rings. The molecule has 0 aromatic carbocycles. The molecule has 0 aliphatic carbocycles. The van der Waals surface area contributed by atoms with E-state index in [1.54, 1.807) is 0 Å². The van der Waals surface area contributed by atoms with E-state index in [4.69, 9.17) is 15.4 Å². The minimum Gasteiger partial charge on any atom is -0.377 e. The van der Waals surface area contributed by atoms with Crippen LogP contribution in [0.5, 0.6) is 0 Å². The molecule has 0 saturated carbocycles. The molecule has 0 bridgehead atoms. The zero-order valence-electron chi connectivity index (χ0n) is 9.12. The van der Waals surface area contributed by atoms with Crippen molar-refractivity contribution in [1.82, 2.24) is 5.32 Å². The Morgan fingerprint density at radius 2 is 2.27 bits per heavy atom. The lowest BCUT2D eigenvalue weighted by Crippen LogP contribution is -2.49. The molecular formula is C9H18ClNO3S. The zero-order valence-corrected chi connectivity index (χ0v) is 10.7. The van der Waals surface area contributed by atoms with Gasteiger partial charge in [-0.15, -0.1) is 0 Å². The lowest BCUT2D eigenvalue weighted by atomic mass is 9.84. The molecule has 4 nitrogen and oxygen atoms in total. The van der Waals surface area contributed by atoms with Gasteiger partial charge in [0.25, 0.3) is 0 Å². The highest BCUT2D eigenvalue weighted by molar-refractivity contribution is 8.13. The molecule has 15 heavy (non-hydrogen) atoms. The summed E-state index contributed by atoms with van der Waals surface area (Å²) in [5.74, 6) is 0.0643. The predicted molar refractivity (Wildman–Crippen MR) is 60.6 cm³/mol. The molecule has 1 rings (SSSR count). The minimum absolute atomic E-state index is 0.135. The Labute approximate surface area is 95.7 Å². The number of hydrogen-bond donors (Lipinski definition) is 1. The van der Waals surface area contributed by atoms with Crippen molar-refractivity contribution >= 4 is 19.7 Å². The van der Waals surface area contributed by atoms with Crippen LogP contribution in [0, 0.1) is 5.92 Å². The maximum Gasteiger partial charge on any atom is 0.235 e. The quantitative estimate of drug-likeness (QED) is 0.761. The molecule has 1 heterocycles. The standard InChI is InChI=1S/C9H18ClNO3S/c1-9(14-2,7-15(10,12)13)8-4-3-5-11-6-8/h8,11H,3-7H2,1-2H3. The number of piperidine rings is 1. The molecule has 0 aromatic rings. The van der Waals surface area contributed by atoms with Gasteiger partial charge >= 0.3 is 0 Å². The first-order valence-corrected chi connectivity index (χ1v) is 7.53. The van der Waals surface area contributed by atoms with Gasteiger partial charge in [0.1, 0.15) is 0 Å². The molecular weight excluding hydrogens is 238 g/mol. The van der Waals surface area contributed by atoms with Crippen LogP contribution >= 0.6 is 10.7 Å². The van der Waals surface area contributed by atoms with Crippen molar-refractivity contribution in [3.8, 4) is 0 Å². The molecule has 0 aromatic heterocycles. The van der Waals surface area contributed by atoms with Gasteiger partial charge in [-0.1, -0.05) is 0 Å². The predicted octanol–water partition coefficient (Wildman–Crippen LogP) is 0.960. The van der Waals surface area contributed by atoms with Crippen LogP contribution in [-0.2, 0) is 13.8 Å². The maximum atomic E-state index is 11.1. The van der Waals surface area contributed by atoms with E-state index in [0.717, 1.165) is 25.9 Å². The van der Waals surface area contributed by atoms with Gasteiger partial charge in [-0.3, -0.25) is 0 Å². The highest BCUT2D eigenvalue weighted by Gasteiger charge is 2.38. The Morgan fingerprint density at radius 3 is 2.67 bits per heavy atom. The highest BCUT2D eigenvalue weighted by atomic mass is 35.7. The van der Waals surface area contributed by atoms with Crippen molar-refractivity contribution in [2.75, 3.05) is 26.0 Å². The number of ether oxygens (including phenoxy) is 1. The normalized spacial score (nSPS) is 27.3. The minimum atomic E-state index is -3.52. The summed E-state index contributed by atoms with van der Waals surface area (Å²) in [5, 5.41) is 3.24. The van der Waals surface area contributed by atoms with Crippen molar-refractivity contribution < 1.29 is 13.2 Å². The van der Waals surface area contributed by atoms with E-state index in [9.17, 15) is 8.42 Å². The second-order valence-electron chi connectivity index (χ2n) is 4.24. The third kappa shape index (κ3) is 3.90. The van der Waals surface area contributed by atoms with Gasteiger partial charge in [-0.05, 0) is 26.3 Å². The van der Waals surface area contributed by atoms with Crippen LogP contribution in [-0.4, -0.2) is 40.0 Å². The van der Waals surface area contributed by atoms with Crippen molar-refractivity contribution in [3.63, 3.8) is 0 Å². The van der Waals surface area contributed by atoms with Gasteiger partial charge < -0.3 is 10.1 Å².